The zero-order valence-corrected chi connectivity index (χ0v) is 12.2. The van der Waals surface area contributed by atoms with E-state index < -0.39 is 9.84 Å². The number of ether oxygens (including phenoxy) is 1. The predicted octanol–water partition coefficient (Wildman–Crippen LogP) is 1.70. The van der Waals surface area contributed by atoms with E-state index in [9.17, 15) is 8.42 Å². The minimum Gasteiger partial charge on any atom is -0.492 e. The zero-order chi connectivity index (χ0) is 13.8. The summed E-state index contributed by atoms with van der Waals surface area (Å²) in [5.74, 6) is 0.778. The Hall–Kier alpha value is -1.07. The van der Waals surface area contributed by atoms with Gasteiger partial charge < -0.3 is 10.1 Å². The van der Waals surface area contributed by atoms with Crippen molar-refractivity contribution in [1.82, 2.24) is 5.32 Å². The van der Waals surface area contributed by atoms with Gasteiger partial charge in [-0.1, -0.05) is 17.7 Å². The average Bonchev–Trinajstić information content (AvgIpc) is 2.28. The Morgan fingerprint density at radius 1 is 1.39 bits per heavy atom. The van der Waals surface area contributed by atoms with Crippen LogP contribution in [-0.2, 0) is 9.84 Å². The van der Waals surface area contributed by atoms with Crippen LogP contribution in [0.5, 0.6) is 5.75 Å². The van der Waals surface area contributed by atoms with Crippen LogP contribution in [0.3, 0.4) is 0 Å². The third-order valence-corrected chi connectivity index (χ3v) is 3.68. The monoisotopic (exact) mass is 271 g/mol. The number of hydrogen-bond acceptors (Lipinski definition) is 4. The maximum atomic E-state index is 11.1. The largest absolute Gasteiger partial charge is 0.492 e. The molecule has 0 aliphatic heterocycles. The molecule has 0 spiro atoms. The Balaban J connectivity index is 2.81. The molecule has 0 radical (unpaired) electrons. The van der Waals surface area contributed by atoms with Crippen LogP contribution in [0.25, 0.3) is 0 Å². The van der Waals surface area contributed by atoms with Crippen LogP contribution in [-0.4, -0.2) is 34.1 Å². The molecule has 1 unspecified atom stereocenters. The smallest absolute Gasteiger partial charge is 0.150 e. The van der Waals surface area contributed by atoms with E-state index in [1.54, 1.807) is 0 Å². The Morgan fingerprint density at radius 2 is 2.06 bits per heavy atom. The molecular formula is C13H21NO3S. The summed E-state index contributed by atoms with van der Waals surface area (Å²) < 4.78 is 27.7. The van der Waals surface area contributed by atoms with Gasteiger partial charge in [0.2, 0.25) is 0 Å². The number of hydrogen-bond donors (Lipinski definition) is 1. The second kappa shape index (κ2) is 6.20. The topological polar surface area (TPSA) is 55.4 Å². The standard InChI is InChI=1S/C13H21NO3S/c1-10-5-6-13(12(9-10)11(2)14-3)17-7-8-18(4,15)16/h5-6,9,11,14H,7-8H2,1-4H3. The fourth-order valence-corrected chi connectivity index (χ4v) is 1.98. The van der Waals surface area contributed by atoms with Crippen molar-refractivity contribution in [3.05, 3.63) is 29.3 Å². The SMILES string of the molecule is CNC(C)c1cc(C)ccc1OCCS(C)(=O)=O. The van der Waals surface area contributed by atoms with E-state index in [-0.39, 0.29) is 18.4 Å². The highest BCUT2D eigenvalue weighted by Gasteiger charge is 2.11. The maximum Gasteiger partial charge on any atom is 0.150 e. The number of benzene rings is 1. The minimum atomic E-state index is -2.98. The molecule has 4 nitrogen and oxygen atoms in total. The van der Waals surface area contributed by atoms with Crippen molar-refractivity contribution in [1.29, 1.82) is 0 Å². The van der Waals surface area contributed by atoms with Crippen molar-refractivity contribution in [2.75, 3.05) is 25.7 Å². The lowest BCUT2D eigenvalue weighted by molar-refractivity contribution is 0.334. The van der Waals surface area contributed by atoms with Crippen molar-refractivity contribution in [3.63, 3.8) is 0 Å². The molecule has 0 aliphatic rings. The quantitative estimate of drug-likeness (QED) is 0.855. The predicted molar refractivity (Wildman–Crippen MR) is 73.9 cm³/mol. The Morgan fingerprint density at radius 3 is 2.61 bits per heavy atom. The molecule has 5 heteroatoms. The van der Waals surface area contributed by atoms with Crippen LogP contribution in [0, 0.1) is 6.92 Å². The van der Waals surface area contributed by atoms with Gasteiger partial charge in [-0.05, 0) is 27.0 Å². The van der Waals surface area contributed by atoms with Gasteiger partial charge in [-0.15, -0.1) is 0 Å². The van der Waals surface area contributed by atoms with Gasteiger partial charge in [0.25, 0.3) is 0 Å². The first-order chi connectivity index (χ1) is 8.33. The Labute approximate surface area is 109 Å². The highest BCUT2D eigenvalue weighted by atomic mass is 32.2. The van der Waals surface area contributed by atoms with Gasteiger partial charge >= 0.3 is 0 Å². The number of sulfone groups is 1. The van der Waals surface area contributed by atoms with Gasteiger partial charge in [-0.3, -0.25) is 0 Å². The van der Waals surface area contributed by atoms with Gasteiger partial charge in [0.05, 0.1) is 5.75 Å². The van der Waals surface area contributed by atoms with E-state index in [2.05, 4.69) is 11.4 Å². The zero-order valence-electron chi connectivity index (χ0n) is 11.4. The molecule has 0 saturated heterocycles. The van der Waals surface area contributed by atoms with E-state index in [0.29, 0.717) is 0 Å². The van der Waals surface area contributed by atoms with Crippen LogP contribution in [0.1, 0.15) is 24.1 Å². The molecule has 102 valence electrons. The highest BCUT2D eigenvalue weighted by Crippen LogP contribution is 2.26. The first-order valence-electron chi connectivity index (χ1n) is 5.92. The van der Waals surface area contributed by atoms with E-state index in [1.807, 2.05) is 33.0 Å². The molecule has 0 heterocycles. The molecule has 0 aliphatic carbocycles. The summed E-state index contributed by atoms with van der Waals surface area (Å²) >= 11 is 0. The molecule has 1 atom stereocenters. The maximum absolute atomic E-state index is 11.1. The first-order valence-corrected chi connectivity index (χ1v) is 7.98. The molecule has 18 heavy (non-hydrogen) atoms. The fraction of sp³-hybridized carbons (Fsp3) is 0.538. The van der Waals surface area contributed by atoms with Crippen LogP contribution in [0.4, 0.5) is 0 Å². The van der Waals surface area contributed by atoms with Gasteiger partial charge in [-0.2, -0.15) is 0 Å². The second-order valence-corrected chi connectivity index (χ2v) is 6.79. The summed E-state index contributed by atoms with van der Waals surface area (Å²) in [4.78, 5) is 0. The normalized spacial score (nSPS) is 13.3. The number of aryl methyl sites for hydroxylation is 1. The van der Waals surface area contributed by atoms with Gasteiger partial charge in [0.1, 0.15) is 12.4 Å². The lowest BCUT2D eigenvalue weighted by Crippen LogP contribution is -2.16. The Kier molecular flexibility index (Phi) is 5.16. The highest BCUT2D eigenvalue weighted by molar-refractivity contribution is 7.90. The number of rotatable bonds is 6. The van der Waals surface area contributed by atoms with E-state index in [0.717, 1.165) is 16.9 Å². The molecule has 0 saturated carbocycles. The summed E-state index contributed by atoms with van der Waals surface area (Å²) in [6.45, 7) is 4.25. The number of nitrogens with one attached hydrogen (secondary N) is 1. The van der Waals surface area contributed by atoms with Crippen LogP contribution in [0.2, 0.25) is 0 Å². The summed E-state index contributed by atoms with van der Waals surface area (Å²) in [7, 11) is -1.10. The first kappa shape index (κ1) is 15.0. The van der Waals surface area contributed by atoms with Gasteiger partial charge in [0.15, 0.2) is 9.84 Å². The molecule has 1 aromatic rings. The van der Waals surface area contributed by atoms with Crippen molar-refractivity contribution in [2.24, 2.45) is 0 Å². The molecule has 1 rings (SSSR count). The van der Waals surface area contributed by atoms with Crippen LogP contribution < -0.4 is 10.1 Å². The summed E-state index contributed by atoms with van der Waals surface area (Å²) in [5.41, 5.74) is 2.20. The average molecular weight is 271 g/mol. The third-order valence-electron chi connectivity index (χ3n) is 2.78. The fourth-order valence-electron chi connectivity index (χ4n) is 1.60. The molecule has 0 amide bonds. The van der Waals surface area contributed by atoms with Crippen molar-refractivity contribution in [3.8, 4) is 5.75 Å². The summed E-state index contributed by atoms with van der Waals surface area (Å²) in [6, 6.07) is 6.07. The van der Waals surface area contributed by atoms with Crippen molar-refractivity contribution < 1.29 is 13.2 Å². The van der Waals surface area contributed by atoms with E-state index >= 15 is 0 Å². The molecule has 0 bridgehead atoms. The van der Waals surface area contributed by atoms with E-state index in [4.69, 9.17) is 4.74 Å². The van der Waals surface area contributed by atoms with Crippen LogP contribution in [0.15, 0.2) is 18.2 Å². The van der Waals surface area contributed by atoms with Crippen LogP contribution >= 0.6 is 0 Å². The van der Waals surface area contributed by atoms with Gasteiger partial charge in [0, 0.05) is 17.9 Å². The lowest BCUT2D eigenvalue weighted by Gasteiger charge is -2.17. The molecule has 1 N–H and O–H groups in total. The molecule has 1 aromatic carbocycles. The molecule has 0 aromatic heterocycles. The van der Waals surface area contributed by atoms with E-state index in [1.165, 1.54) is 6.26 Å². The lowest BCUT2D eigenvalue weighted by atomic mass is 10.0. The summed E-state index contributed by atoms with van der Waals surface area (Å²) in [5, 5.41) is 3.16. The van der Waals surface area contributed by atoms with Crippen molar-refractivity contribution in [2.45, 2.75) is 19.9 Å². The Bertz CT molecular complexity index is 497. The second-order valence-electron chi connectivity index (χ2n) is 4.53. The summed E-state index contributed by atoms with van der Waals surface area (Å²) in [6.07, 6.45) is 1.21. The minimum absolute atomic E-state index is 0.0360. The molecular weight excluding hydrogens is 250 g/mol. The third kappa shape index (κ3) is 4.66. The van der Waals surface area contributed by atoms with Crippen molar-refractivity contribution >= 4 is 9.84 Å². The molecule has 0 fully saturated rings. The van der Waals surface area contributed by atoms with Gasteiger partial charge in [-0.25, -0.2) is 8.42 Å².